The maximum Gasteiger partial charge on any atom is 0.312 e. The van der Waals surface area contributed by atoms with E-state index in [9.17, 15) is 24.3 Å². The Balaban J connectivity index is 1.72. The SMILES string of the molecule is C=CCCC(=O)NC[C@@H](C)OC(=O)[C@@H]1[C@H]2O[C@@]3(CC2Br)[C@H](C(=O)N(CC=C)C(C)(C)C)N([C@H](CO)c2ccccc2)C(=O)[C@@H]13. The molecule has 0 radical (unpaired) electrons. The molecule has 0 aliphatic carbocycles. The number of hydrogen-bond acceptors (Lipinski definition) is 7. The summed E-state index contributed by atoms with van der Waals surface area (Å²) in [5, 5.41) is 13.4. The lowest BCUT2D eigenvalue weighted by molar-refractivity contribution is -0.160. The molecule has 1 aromatic carbocycles. The van der Waals surface area contributed by atoms with Crippen LogP contribution in [0.4, 0.5) is 0 Å². The van der Waals surface area contributed by atoms with Crippen molar-refractivity contribution in [2.24, 2.45) is 11.8 Å². The van der Waals surface area contributed by atoms with Gasteiger partial charge in [0.25, 0.3) is 0 Å². The number of benzene rings is 1. The van der Waals surface area contributed by atoms with E-state index in [-0.39, 0.29) is 36.2 Å². The van der Waals surface area contributed by atoms with Gasteiger partial charge in [0.15, 0.2) is 0 Å². The van der Waals surface area contributed by atoms with Gasteiger partial charge < -0.3 is 29.7 Å². The number of amides is 3. The molecule has 4 rings (SSSR count). The number of aliphatic hydroxyl groups excluding tert-OH is 1. The molecular weight excluding hydrogens is 630 g/mol. The fraction of sp³-hybridized carbons (Fsp3) is 0.576. The van der Waals surface area contributed by atoms with Crippen LogP contribution in [0.3, 0.4) is 0 Å². The monoisotopic (exact) mass is 673 g/mol. The first-order chi connectivity index (χ1) is 20.8. The lowest BCUT2D eigenvalue weighted by atomic mass is 9.70. The third kappa shape index (κ3) is 6.23. The summed E-state index contributed by atoms with van der Waals surface area (Å²) in [6.45, 7) is 14.8. The summed E-state index contributed by atoms with van der Waals surface area (Å²) in [5.74, 6) is -3.57. The number of allylic oxidation sites excluding steroid dienone is 1. The van der Waals surface area contributed by atoms with Crippen LogP contribution in [0.15, 0.2) is 55.6 Å². The Labute approximate surface area is 267 Å². The third-order valence-electron chi connectivity index (χ3n) is 8.79. The van der Waals surface area contributed by atoms with Gasteiger partial charge in [-0.2, -0.15) is 0 Å². The molecule has 44 heavy (non-hydrogen) atoms. The van der Waals surface area contributed by atoms with Crippen molar-refractivity contribution in [2.75, 3.05) is 19.7 Å². The number of carbonyl (C=O) groups excluding carboxylic acids is 4. The minimum atomic E-state index is -1.33. The van der Waals surface area contributed by atoms with Gasteiger partial charge in [0.05, 0.1) is 37.1 Å². The van der Waals surface area contributed by atoms with Crippen molar-refractivity contribution in [3.63, 3.8) is 0 Å². The van der Waals surface area contributed by atoms with E-state index in [0.717, 1.165) is 0 Å². The van der Waals surface area contributed by atoms with Crippen molar-refractivity contribution in [1.29, 1.82) is 0 Å². The van der Waals surface area contributed by atoms with E-state index in [2.05, 4.69) is 34.4 Å². The molecule has 1 unspecified atom stereocenters. The van der Waals surface area contributed by atoms with E-state index in [4.69, 9.17) is 9.47 Å². The van der Waals surface area contributed by atoms with Gasteiger partial charge in [-0.3, -0.25) is 19.2 Å². The Bertz CT molecular complexity index is 1270. The van der Waals surface area contributed by atoms with E-state index < -0.39 is 65.8 Å². The van der Waals surface area contributed by atoms with Crippen LogP contribution in [-0.2, 0) is 28.7 Å². The largest absolute Gasteiger partial charge is 0.460 e. The number of hydrogen-bond donors (Lipinski definition) is 2. The van der Waals surface area contributed by atoms with E-state index in [0.29, 0.717) is 18.4 Å². The lowest BCUT2D eigenvalue weighted by Crippen LogP contribution is -2.60. The summed E-state index contributed by atoms with van der Waals surface area (Å²) in [6, 6.07) is 7.09. The van der Waals surface area contributed by atoms with Crippen molar-refractivity contribution in [1.82, 2.24) is 15.1 Å². The second-order valence-electron chi connectivity index (χ2n) is 12.8. The molecule has 240 valence electrons. The Morgan fingerprint density at radius 2 is 1.93 bits per heavy atom. The molecule has 0 aromatic heterocycles. The number of rotatable bonds is 13. The number of likely N-dealkylation sites (tertiary alicyclic amines) is 1. The number of ether oxygens (including phenoxy) is 2. The average Bonchev–Trinajstić information content (AvgIpc) is 3.57. The lowest BCUT2D eigenvalue weighted by Gasteiger charge is -2.43. The summed E-state index contributed by atoms with van der Waals surface area (Å²) in [4.78, 5) is 57.9. The van der Waals surface area contributed by atoms with Crippen LogP contribution in [0.2, 0.25) is 0 Å². The minimum absolute atomic E-state index is 0.109. The standard InChI is InChI=1S/C33H44BrN3O7/c1-7-9-15-24(39)35-18-20(3)43-31(42)25-26-29(40)37(23(19-38)21-13-11-10-12-14-21)28(33(26)17-22(34)27(25)44-33)30(41)36(16-8-2)32(4,5)6/h7-8,10-14,20,22-23,25-28,38H,1-2,9,15-19H2,3-6H3,(H,35,39)/t20-,22?,23-,25+,26-,27+,28+,33-/m1/s1. The molecule has 1 spiro atoms. The van der Waals surface area contributed by atoms with Gasteiger partial charge in [-0.15, -0.1) is 13.2 Å². The van der Waals surface area contributed by atoms with Crippen LogP contribution in [0, 0.1) is 11.8 Å². The van der Waals surface area contributed by atoms with Gasteiger partial charge in [0.1, 0.15) is 17.7 Å². The number of nitrogens with zero attached hydrogens (tertiary/aromatic N) is 2. The quantitative estimate of drug-likeness (QED) is 0.187. The topological polar surface area (TPSA) is 125 Å². The molecule has 1 aromatic rings. The zero-order valence-corrected chi connectivity index (χ0v) is 27.5. The highest BCUT2D eigenvalue weighted by Gasteiger charge is 2.77. The Morgan fingerprint density at radius 1 is 1.25 bits per heavy atom. The first kappa shape index (κ1) is 33.9. The summed E-state index contributed by atoms with van der Waals surface area (Å²) in [5.41, 5.74) is -1.29. The molecule has 8 atom stereocenters. The third-order valence-corrected chi connectivity index (χ3v) is 9.64. The molecule has 2 N–H and O–H groups in total. The number of aliphatic hydroxyl groups is 1. The fourth-order valence-electron chi connectivity index (χ4n) is 6.85. The molecule has 0 saturated carbocycles. The highest BCUT2D eigenvalue weighted by atomic mass is 79.9. The number of carbonyl (C=O) groups is 4. The predicted octanol–water partition coefficient (Wildman–Crippen LogP) is 3.30. The second kappa shape index (κ2) is 13.5. The molecule has 3 aliphatic heterocycles. The van der Waals surface area contributed by atoms with Crippen molar-refractivity contribution in [3.05, 3.63) is 61.2 Å². The first-order valence-electron chi connectivity index (χ1n) is 15.1. The zero-order valence-electron chi connectivity index (χ0n) is 25.9. The average molecular weight is 675 g/mol. The van der Waals surface area contributed by atoms with Gasteiger partial charge in [0, 0.05) is 23.3 Å². The Morgan fingerprint density at radius 3 is 2.52 bits per heavy atom. The Hall–Kier alpha value is -3.02. The normalized spacial score (nSPS) is 28.6. The van der Waals surface area contributed by atoms with Crippen LogP contribution < -0.4 is 5.32 Å². The maximum atomic E-state index is 14.6. The van der Waals surface area contributed by atoms with Gasteiger partial charge in [-0.1, -0.05) is 58.4 Å². The van der Waals surface area contributed by atoms with E-state index in [1.54, 1.807) is 36.1 Å². The molecule has 3 fully saturated rings. The van der Waals surface area contributed by atoms with Crippen LogP contribution >= 0.6 is 15.9 Å². The van der Waals surface area contributed by atoms with Gasteiger partial charge in [0.2, 0.25) is 17.7 Å². The van der Waals surface area contributed by atoms with E-state index in [1.165, 1.54) is 4.90 Å². The van der Waals surface area contributed by atoms with E-state index >= 15 is 0 Å². The van der Waals surface area contributed by atoms with Crippen molar-refractivity contribution in [3.8, 4) is 0 Å². The molecule has 3 heterocycles. The highest BCUT2D eigenvalue weighted by molar-refractivity contribution is 9.09. The first-order valence-corrected chi connectivity index (χ1v) is 16.0. The highest BCUT2D eigenvalue weighted by Crippen LogP contribution is 2.61. The predicted molar refractivity (Wildman–Crippen MR) is 168 cm³/mol. The summed E-state index contributed by atoms with van der Waals surface area (Å²) >= 11 is 3.68. The number of nitrogens with one attached hydrogen (secondary N) is 1. The van der Waals surface area contributed by atoms with Crippen LogP contribution in [-0.4, -0.2) is 92.5 Å². The van der Waals surface area contributed by atoms with Gasteiger partial charge in [-0.05, 0) is 46.1 Å². The van der Waals surface area contributed by atoms with Gasteiger partial charge in [-0.25, -0.2) is 0 Å². The number of alkyl halides is 1. The summed E-state index contributed by atoms with van der Waals surface area (Å²) < 4.78 is 12.4. The molecule has 2 bridgehead atoms. The number of esters is 1. The summed E-state index contributed by atoms with van der Waals surface area (Å²) in [6.07, 6.45) is 3.06. The van der Waals surface area contributed by atoms with Gasteiger partial charge >= 0.3 is 5.97 Å². The smallest absolute Gasteiger partial charge is 0.312 e. The summed E-state index contributed by atoms with van der Waals surface area (Å²) in [7, 11) is 0. The van der Waals surface area contributed by atoms with E-state index in [1.807, 2.05) is 39.0 Å². The van der Waals surface area contributed by atoms with Crippen LogP contribution in [0.25, 0.3) is 0 Å². The number of halogens is 1. The second-order valence-corrected chi connectivity index (χ2v) is 14.0. The molecule has 3 saturated heterocycles. The maximum absolute atomic E-state index is 14.6. The molecule has 10 nitrogen and oxygen atoms in total. The van der Waals surface area contributed by atoms with Crippen molar-refractivity contribution < 1.29 is 33.8 Å². The molecular formula is C33H44BrN3O7. The Kier molecular flexibility index (Phi) is 10.4. The molecule has 3 aliphatic rings. The minimum Gasteiger partial charge on any atom is -0.460 e. The van der Waals surface area contributed by atoms with Crippen molar-refractivity contribution in [2.45, 2.75) is 87.2 Å². The zero-order chi connectivity index (χ0) is 32.4. The van der Waals surface area contributed by atoms with Crippen molar-refractivity contribution >= 4 is 39.6 Å². The fourth-order valence-corrected chi connectivity index (χ4v) is 7.79. The molecule has 3 amide bonds. The van der Waals surface area contributed by atoms with Crippen LogP contribution in [0.5, 0.6) is 0 Å². The van der Waals surface area contributed by atoms with Crippen LogP contribution in [0.1, 0.15) is 58.6 Å². The number of fused-ring (bicyclic) bond motifs is 1. The molecule has 11 heteroatoms.